The lowest BCUT2D eigenvalue weighted by molar-refractivity contribution is -0.119. The van der Waals surface area contributed by atoms with E-state index in [1.165, 1.54) is 0 Å². The third kappa shape index (κ3) is 7.18. The number of aliphatic imine (C=N–C) groups is 1. The summed E-state index contributed by atoms with van der Waals surface area (Å²) in [7, 11) is 1.75. The summed E-state index contributed by atoms with van der Waals surface area (Å²) in [6, 6.07) is 2.30. The summed E-state index contributed by atoms with van der Waals surface area (Å²) < 4.78 is 5.32. The highest BCUT2D eigenvalue weighted by Gasteiger charge is 2.20. The summed E-state index contributed by atoms with van der Waals surface area (Å²) in [5.74, 6) is 1.61. The predicted molar refractivity (Wildman–Crippen MR) is 108 cm³/mol. The van der Waals surface area contributed by atoms with E-state index in [-0.39, 0.29) is 29.9 Å². The van der Waals surface area contributed by atoms with Gasteiger partial charge in [0, 0.05) is 32.2 Å². The van der Waals surface area contributed by atoms with Crippen molar-refractivity contribution in [3.05, 3.63) is 17.5 Å². The van der Waals surface area contributed by atoms with Crippen LogP contribution < -0.4 is 16.4 Å². The largest absolute Gasteiger partial charge is 0.369 e. The fourth-order valence-electron chi connectivity index (χ4n) is 2.70. The number of carbonyl (C=O) groups excluding carboxylic acids is 1. The number of amides is 1. The van der Waals surface area contributed by atoms with E-state index in [1.54, 1.807) is 7.05 Å². The molecule has 25 heavy (non-hydrogen) atoms. The van der Waals surface area contributed by atoms with Gasteiger partial charge in [-0.3, -0.25) is 14.7 Å². The van der Waals surface area contributed by atoms with E-state index in [0.717, 1.165) is 43.3 Å². The molecule has 0 spiro atoms. The molecule has 9 heteroatoms. The van der Waals surface area contributed by atoms with Crippen LogP contribution in [0, 0.1) is 0 Å². The van der Waals surface area contributed by atoms with Crippen LogP contribution in [0.15, 0.2) is 15.6 Å². The van der Waals surface area contributed by atoms with Crippen molar-refractivity contribution in [2.45, 2.75) is 45.2 Å². The lowest BCUT2D eigenvalue weighted by Crippen LogP contribution is -2.49. The van der Waals surface area contributed by atoms with Gasteiger partial charge in [0.2, 0.25) is 5.91 Å². The van der Waals surface area contributed by atoms with Crippen LogP contribution in [0.2, 0.25) is 0 Å². The molecule has 8 nitrogen and oxygen atoms in total. The molecule has 1 aromatic rings. The van der Waals surface area contributed by atoms with Crippen LogP contribution in [-0.4, -0.2) is 54.6 Å². The average molecular weight is 464 g/mol. The summed E-state index contributed by atoms with van der Waals surface area (Å²) in [4.78, 5) is 17.3. The summed E-state index contributed by atoms with van der Waals surface area (Å²) in [5.41, 5.74) is 6.19. The Morgan fingerprint density at radius 3 is 2.68 bits per heavy atom. The van der Waals surface area contributed by atoms with Crippen LogP contribution in [0.3, 0.4) is 0 Å². The van der Waals surface area contributed by atoms with E-state index in [4.69, 9.17) is 10.3 Å². The Hall–Kier alpha value is -1.36. The fraction of sp³-hybridized carbons (Fsp3) is 0.688. The first-order valence-electron chi connectivity index (χ1n) is 8.41. The average Bonchev–Trinajstić information content (AvgIpc) is 3.02. The Labute approximate surface area is 166 Å². The third-order valence-electron chi connectivity index (χ3n) is 4.13. The lowest BCUT2D eigenvalue weighted by atomic mass is 10.1. The van der Waals surface area contributed by atoms with Crippen molar-refractivity contribution in [2.24, 2.45) is 10.7 Å². The molecule has 1 aliphatic heterocycles. The van der Waals surface area contributed by atoms with Crippen LogP contribution in [0.1, 0.15) is 44.1 Å². The van der Waals surface area contributed by atoms with Crippen LogP contribution in [0.5, 0.6) is 0 Å². The van der Waals surface area contributed by atoms with Crippen molar-refractivity contribution in [2.75, 3.05) is 26.7 Å². The zero-order valence-corrected chi connectivity index (χ0v) is 17.4. The maximum atomic E-state index is 11.0. The van der Waals surface area contributed by atoms with Gasteiger partial charge in [-0.05, 0) is 18.8 Å². The molecule has 142 valence electrons. The zero-order valence-electron chi connectivity index (χ0n) is 15.1. The first-order chi connectivity index (χ1) is 11.5. The fourth-order valence-corrected chi connectivity index (χ4v) is 2.70. The van der Waals surface area contributed by atoms with Gasteiger partial charge in [-0.2, -0.15) is 0 Å². The molecule has 1 saturated heterocycles. The number of halogens is 1. The molecule has 2 rings (SSSR count). The minimum Gasteiger partial charge on any atom is -0.369 e. The van der Waals surface area contributed by atoms with Crippen LogP contribution >= 0.6 is 24.0 Å². The van der Waals surface area contributed by atoms with Crippen molar-refractivity contribution < 1.29 is 9.32 Å². The van der Waals surface area contributed by atoms with Crippen LogP contribution in [0.25, 0.3) is 0 Å². The number of carbonyl (C=O) groups is 1. The highest BCUT2D eigenvalue weighted by Crippen LogP contribution is 2.14. The topological polar surface area (TPSA) is 109 Å². The molecule has 0 aliphatic carbocycles. The summed E-state index contributed by atoms with van der Waals surface area (Å²) in [6.07, 6.45) is 1.90. The van der Waals surface area contributed by atoms with Gasteiger partial charge in [-0.25, -0.2) is 0 Å². The first kappa shape index (κ1) is 21.7. The number of aromatic nitrogens is 1. The van der Waals surface area contributed by atoms with Crippen molar-refractivity contribution in [1.82, 2.24) is 20.7 Å². The van der Waals surface area contributed by atoms with Gasteiger partial charge in [0.05, 0.1) is 18.8 Å². The van der Waals surface area contributed by atoms with Crippen molar-refractivity contribution in [3.63, 3.8) is 0 Å². The molecule has 0 saturated carbocycles. The Kier molecular flexibility index (Phi) is 9.19. The van der Waals surface area contributed by atoms with Gasteiger partial charge >= 0.3 is 0 Å². The van der Waals surface area contributed by atoms with E-state index in [1.807, 2.05) is 6.07 Å². The molecule has 0 atom stereocenters. The number of hydrogen-bond acceptors (Lipinski definition) is 5. The molecule has 1 aromatic heterocycles. The number of nitrogens with zero attached hydrogens (tertiary/aromatic N) is 3. The summed E-state index contributed by atoms with van der Waals surface area (Å²) >= 11 is 0. The lowest BCUT2D eigenvalue weighted by Gasteiger charge is -2.32. The van der Waals surface area contributed by atoms with Gasteiger partial charge < -0.3 is 20.9 Å². The Balaban J connectivity index is 0.00000312. The van der Waals surface area contributed by atoms with E-state index in [0.29, 0.717) is 25.0 Å². The van der Waals surface area contributed by atoms with E-state index in [2.05, 4.69) is 39.5 Å². The molecule has 2 heterocycles. The van der Waals surface area contributed by atoms with E-state index in [9.17, 15) is 4.79 Å². The quantitative estimate of drug-likeness (QED) is 0.330. The van der Waals surface area contributed by atoms with Crippen molar-refractivity contribution in [3.8, 4) is 0 Å². The van der Waals surface area contributed by atoms with E-state index >= 15 is 0 Å². The molecule has 4 N–H and O–H groups in total. The second-order valence-corrected chi connectivity index (χ2v) is 6.46. The number of likely N-dealkylation sites (tertiary alicyclic amines) is 1. The Morgan fingerprint density at radius 2 is 2.16 bits per heavy atom. The minimum absolute atomic E-state index is 0. The number of nitrogens with two attached hydrogens (primary N) is 1. The summed E-state index contributed by atoms with van der Waals surface area (Å²) in [5, 5.41) is 10.7. The molecule has 1 fully saturated rings. The van der Waals surface area contributed by atoms with Gasteiger partial charge in [-0.1, -0.05) is 19.0 Å². The number of nitrogens with one attached hydrogen (secondary N) is 2. The zero-order chi connectivity index (χ0) is 17.5. The van der Waals surface area contributed by atoms with Crippen molar-refractivity contribution in [1.29, 1.82) is 0 Å². The Morgan fingerprint density at radius 1 is 1.48 bits per heavy atom. The number of piperidine rings is 1. The van der Waals surface area contributed by atoms with Gasteiger partial charge in [0.25, 0.3) is 0 Å². The predicted octanol–water partition coefficient (Wildman–Crippen LogP) is 1.03. The number of rotatable bonds is 6. The van der Waals surface area contributed by atoms with Crippen LogP contribution in [0.4, 0.5) is 0 Å². The minimum atomic E-state index is -0.272. The smallest absolute Gasteiger partial charge is 0.231 e. The maximum absolute atomic E-state index is 11.0. The first-order valence-corrected chi connectivity index (χ1v) is 8.41. The maximum Gasteiger partial charge on any atom is 0.231 e. The molecular formula is C16H29IN6O2. The molecule has 1 amide bonds. The van der Waals surface area contributed by atoms with Crippen molar-refractivity contribution >= 4 is 35.8 Å². The van der Waals surface area contributed by atoms with E-state index < -0.39 is 0 Å². The molecule has 0 aromatic carbocycles. The highest BCUT2D eigenvalue weighted by atomic mass is 127. The standard InChI is InChI=1S/C16H28N6O2.HI/c1-11(2)14-8-13(24-21-14)9-19-16(18-3)20-12-4-6-22(7-5-12)10-15(17)23;/h8,11-12H,4-7,9-10H2,1-3H3,(H2,17,23)(H2,18,19,20);1H. The van der Waals surface area contributed by atoms with Crippen LogP contribution in [-0.2, 0) is 11.3 Å². The molecule has 0 unspecified atom stereocenters. The highest BCUT2D eigenvalue weighted by molar-refractivity contribution is 14.0. The summed E-state index contributed by atoms with van der Waals surface area (Å²) in [6.45, 7) is 6.76. The van der Waals surface area contributed by atoms with Gasteiger partial charge in [0.15, 0.2) is 11.7 Å². The van der Waals surface area contributed by atoms with Gasteiger partial charge in [-0.15, -0.1) is 24.0 Å². The van der Waals surface area contributed by atoms with Gasteiger partial charge in [0.1, 0.15) is 0 Å². The number of primary amides is 1. The SMILES string of the molecule is CN=C(NCc1cc(C(C)C)no1)NC1CCN(CC(N)=O)CC1.I. The second-order valence-electron chi connectivity index (χ2n) is 6.46. The molecule has 1 aliphatic rings. The molecular weight excluding hydrogens is 435 g/mol. The number of hydrogen-bond donors (Lipinski definition) is 3. The normalized spacial score (nSPS) is 16.6. The third-order valence-corrected chi connectivity index (χ3v) is 4.13. The second kappa shape index (κ2) is 10.6. The molecule has 0 radical (unpaired) electrons. The monoisotopic (exact) mass is 464 g/mol. The number of guanidine groups is 1. The Bertz CT molecular complexity index is 567. The molecule has 0 bridgehead atoms.